The van der Waals surface area contributed by atoms with Crippen LogP contribution in [0, 0.1) is 6.92 Å². The second kappa shape index (κ2) is 6.17. The lowest BCUT2D eigenvalue weighted by Gasteiger charge is -2.41. The zero-order valence-corrected chi connectivity index (χ0v) is 13.9. The van der Waals surface area contributed by atoms with Gasteiger partial charge in [-0.25, -0.2) is 0 Å². The Kier molecular flexibility index (Phi) is 4.49. The molecule has 0 amide bonds. The largest absolute Gasteiger partial charge is 0.311 e. The van der Waals surface area contributed by atoms with Crippen molar-refractivity contribution in [3.8, 4) is 0 Å². The Balaban J connectivity index is 1.76. The highest BCUT2D eigenvalue weighted by molar-refractivity contribution is 7.10. The minimum absolute atomic E-state index is 0.581. The average Bonchev–Trinajstić information content (AvgIpc) is 3.01. The first-order chi connectivity index (χ1) is 9.69. The molecule has 3 heterocycles. The molecule has 0 radical (unpaired) electrons. The molecule has 1 aromatic heterocycles. The Morgan fingerprint density at radius 3 is 2.60 bits per heavy atom. The van der Waals surface area contributed by atoms with Crippen LogP contribution in [-0.2, 0) is 0 Å². The van der Waals surface area contributed by atoms with Gasteiger partial charge in [0.05, 0.1) is 0 Å². The molecule has 3 atom stereocenters. The van der Waals surface area contributed by atoms with E-state index in [2.05, 4.69) is 42.4 Å². The lowest BCUT2D eigenvalue weighted by molar-refractivity contribution is 0.102. The zero-order chi connectivity index (χ0) is 14.1. The lowest BCUT2D eigenvalue weighted by atomic mass is 9.96. The van der Waals surface area contributed by atoms with Gasteiger partial charge in [-0.3, -0.25) is 4.90 Å². The van der Waals surface area contributed by atoms with Gasteiger partial charge >= 0.3 is 0 Å². The second-order valence-corrected chi connectivity index (χ2v) is 7.59. The van der Waals surface area contributed by atoms with Crippen molar-refractivity contribution in [3.05, 3.63) is 21.9 Å². The quantitative estimate of drug-likeness (QED) is 0.878. The second-order valence-electron chi connectivity index (χ2n) is 6.64. The van der Waals surface area contributed by atoms with Crippen LogP contribution in [0.4, 0.5) is 0 Å². The van der Waals surface area contributed by atoms with Crippen molar-refractivity contribution in [1.29, 1.82) is 0 Å². The minimum Gasteiger partial charge on any atom is -0.311 e. The van der Waals surface area contributed by atoms with Crippen LogP contribution < -0.4 is 5.32 Å². The normalized spacial score (nSPS) is 30.9. The summed E-state index contributed by atoms with van der Waals surface area (Å²) < 4.78 is 0. The van der Waals surface area contributed by atoms with E-state index in [1.54, 1.807) is 4.88 Å². The van der Waals surface area contributed by atoms with Crippen molar-refractivity contribution >= 4 is 11.3 Å². The number of nitrogens with one attached hydrogen (secondary N) is 1. The fourth-order valence-corrected chi connectivity index (χ4v) is 5.22. The molecule has 3 heteroatoms. The molecule has 112 valence electrons. The molecule has 1 aromatic rings. The molecule has 2 fully saturated rings. The fraction of sp³-hybridized carbons (Fsp3) is 0.765. The third kappa shape index (κ3) is 2.81. The third-order valence-electron chi connectivity index (χ3n) is 5.18. The summed E-state index contributed by atoms with van der Waals surface area (Å²) in [6.45, 7) is 8.23. The molecule has 0 spiro atoms. The first-order valence-electron chi connectivity index (χ1n) is 8.24. The molecule has 0 aromatic carbocycles. The highest BCUT2D eigenvalue weighted by Crippen LogP contribution is 2.36. The van der Waals surface area contributed by atoms with Gasteiger partial charge in [0, 0.05) is 29.0 Å². The first kappa shape index (κ1) is 14.6. The van der Waals surface area contributed by atoms with E-state index in [4.69, 9.17) is 0 Å². The molecule has 0 saturated carbocycles. The maximum absolute atomic E-state index is 3.78. The van der Waals surface area contributed by atoms with Gasteiger partial charge in [-0.2, -0.15) is 0 Å². The predicted molar refractivity (Wildman–Crippen MR) is 87.4 cm³/mol. The average molecular weight is 292 g/mol. The molecule has 2 bridgehead atoms. The molecule has 0 aliphatic carbocycles. The van der Waals surface area contributed by atoms with E-state index in [0.717, 1.165) is 18.1 Å². The number of thiophene rings is 1. The van der Waals surface area contributed by atoms with E-state index in [1.165, 1.54) is 44.2 Å². The minimum atomic E-state index is 0.581. The van der Waals surface area contributed by atoms with E-state index in [1.807, 2.05) is 11.3 Å². The van der Waals surface area contributed by atoms with Crippen LogP contribution in [0.25, 0.3) is 0 Å². The van der Waals surface area contributed by atoms with Crippen molar-refractivity contribution in [1.82, 2.24) is 10.2 Å². The smallest absolute Gasteiger partial charge is 0.0418 e. The summed E-state index contributed by atoms with van der Waals surface area (Å²) in [6, 6.07) is 5.21. The van der Waals surface area contributed by atoms with E-state index in [9.17, 15) is 0 Å². The molecule has 3 unspecified atom stereocenters. The molecule has 20 heavy (non-hydrogen) atoms. The van der Waals surface area contributed by atoms with Gasteiger partial charge < -0.3 is 5.32 Å². The summed E-state index contributed by atoms with van der Waals surface area (Å²) in [4.78, 5) is 4.37. The Hall–Kier alpha value is -0.380. The Bertz CT molecular complexity index is 430. The number of aryl methyl sites for hydroxylation is 1. The SMILES string of the molecule is CCCN(C1CC2CCC(C1)N2)C(C)c1sccc1C. The molecule has 2 nitrogen and oxygen atoms in total. The highest BCUT2D eigenvalue weighted by Gasteiger charge is 2.37. The molecule has 2 saturated heterocycles. The van der Waals surface area contributed by atoms with Crippen molar-refractivity contribution in [2.24, 2.45) is 0 Å². The van der Waals surface area contributed by atoms with Gasteiger partial charge in [-0.05, 0) is 69.5 Å². The van der Waals surface area contributed by atoms with E-state index >= 15 is 0 Å². The maximum atomic E-state index is 3.78. The summed E-state index contributed by atoms with van der Waals surface area (Å²) in [5.74, 6) is 0. The van der Waals surface area contributed by atoms with Gasteiger partial charge in [0.2, 0.25) is 0 Å². The Morgan fingerprint density at radius 1 is 1.35 bits per heavy atom. The van der Waals surface area contributed by atoms with Gasteiger partial charge in [-0.15, -0.1) is 11.3 Å². The monoisotopic (exact) mass is 292 g/mol. The standard InChI is InChI=1S/C17H28N2S/c1-4-8-19(13(3)17-12(2)7-9-20-17)16-10-14-5-6-15(11-16)18-14/h7,9,13-16,18H,4-6,8,10-11H2,1-3H3. The highest BCUT2D eigenvalue weighted by atomic mass is 32.1. The van der Waals surface area contributed by atoms with E-state index in [-0.39, 0.29) is 0 Å². The molecule has 2 aliphatic heterocycles. The summed E-state index contributed by atoms with van der Waals surface area (Å²) in [5, 5.41) is 6.03. The van der Waals surface area contributed by atoms with Crippen LogP contribution in [0.5, 0.6) is 0 Å². The van der Waals surface area contributed by atoms with E-state index < -0.39 is 0 Å². The van der Waals surface area contributed by atoms with Crippen LogP contribution in [0.2, 0.25) is 0 Å². The lowest BCUT2D eigenvalue weighted by Crippen LogP contribution is -2.49. The summed E-state index contributed by atoms with van der Waals surface area (Å²) in [7, 11) is 0. The topological polar surface area (TPSA) is 15.3 Å². The Labute approximate surface area is 127 Å². The van der Waals surface area contributed by atoms with Crippen LogP contribution in [-0.4, -0.2) is 29.6 Å². The maximum Gasteiger partial charge on any atom is 0.0418 e. The van der Waals surface area contributed by atoms with Crippen LogP contribution in [0.1, 0.15) is 62.4 Å². The zero-order valence-electron chi connectivity index (χ0n) is 13.1. The molecule has 3 rings (SSSR count). The predicted octanol–water partition coefficient (Wildman–Crippen LogP) is 4.11. The number of rotatable bonds is 5. The third-order valence-corrected chi connectivity index (χ3v) is 6.37. The Morgan fingerprint density at radius 2 is 2.05 bits per heavy atom. The number of hydrogen-bond acceptors (Lipinski definition) is 3. The van der Waals surface area contributed by atoms with Crippen LogP contribution in [0.15, 0.2) is 11.4 Å². The van der Waals surface area contributed by atoms with E-state index in [0.29, 0.717) is 6.04 Å². The number of piperidine rings is 1. The van der Waals surface area contributed by atoms with Gasteiger partial charge in [-0.1, -0.05) is 6.92 Å². The van der Waals surface area contributed by atoms with Crippen molar-refractivity contribution in [2.75, 3.05) is 6.54 Å². The first-order valence-corrected chi connectivity index (χ1v) is 9.12. The molecule has 2 aliphatic rings. The molecular formula is C17H28N2S. The van der Waals surface area contributed by atoms with Crippen molar-refractivity contribution < 1.29 is 0 Å². The van der Waals surface area contributed by atoms with Crippen molar-refractivity contribution in [2.45, 2.75) is 77.0 Å². The number of nitrogens with zero attached hydrogens (tertiary/aromatic N) is 1. The fourth-order valence-electron chi connectivity index (χ4n) is 4.21. The van der Waals surface area contributed by atoms with Gasteiger partial charge in [0.25, 0.3) is 0 Å². The van der Waals surface area contributed by atoms with Crippen molar-refractivity contribution in [3.63, 3.8) is 0 Å². The number of hydrogen-bond donors (Lipinski definition) is 1. The molecular weight excluding hydrogens is 264 g/mol. The van der Waals surface area contributed by atoms with Gasteiger partial charge in [0.15, 0.2) is 0 Å². The van der Waals surface area contributed by atoms with Crippen LogP contribution >= 0.6 is 11.3 Å². The summed E-state index contributed by atoms with van der Waals surface area (Å²) in [5.41, 5.74) is 1.47. The summed E-state index contributed by atoms with van der Waals surface area (Å²) in [6.07, 6.45) is 6.76. The molecule has 1 N–H and O–H groups in total. The summed E-state index contributed by atoms with van der Waals surface area (Å²) >= 11 is 1.94. The van der Waals surface area contributed by atoms with Crippen LogP contribution in [0.3, 0.4) is 0 Å². The van der Waals surface area contributed by atoms with Gasteiger partial charge in [0.1, 0.15) is 0 Å². The number of fused-ring (bicyclic) bond motifs is 2.